The van der Waals surface area contributed by atoms with Gasteiger partial charge < -0.3 is 10.2 Å². The number of amides is 2. The number of hydrogen-bond donors (Lipinski definition) is 2. The first kappa shape index (κ1) is 16.0. The molecule has 0 aromatic heterocycles. The molecule has 2 N–H and O–H groups in total. The number of rotatable bonds is 6. The van der Waals surface area contributed by atoms with Crippen LogP contribution in [0.15, 0.2) is 0 Å². The van der Waals surface area contributed by atoms with Crippen LogP contribution in [0.5, 0.6) is 0 Å². The predicted molar refractivity (Wildman–Crippen MR) is 75.8 cm³/mol. The molecular weight excluding hydrogens is 242 g/mol. The molecule has 19 heavy (non-hydrogen) atoms. The third-order valence-corrected chi connectivity index (χ3v) is 3.48. The fraction of sp³-hybridized carbons (Fsp3) is 0.857. The first-order chi connectivity index (χ1) is 9.06. The fourth-order valence-electron chi connectivity index (χ4n) is 2.31. The molecule has 1 fully saturated rings. The number of carbonyl (C=O) groups excluding carboxylic acids is 2. The van der Waals surface area contributed by atoms with Gasteiger partial charge in [-0.25, -0.2) is 0 Å². The molecule has 0 bridgehead atoms. The van der Waals surface area contributed by atoms with Crippen molar-refractivity contribution in [2.24, 2.45) is 0 Å². The van der Waals surface area contributed by atoms with Crippen LogP contribution < -0.4 is 10.6 Å². The molecule has 1 saturated heterocycles. The Kier molecular flexibility index (Phi) is 6.84. The van der Waals surface area contributed by atoms with Gasteiger partial charge in [-0.15, -0.1) is 0 Å². The SMILES string of the molecule is CCCNC(=O)C(C)NC(C)C(=O)N1CCCCC1. The van der Waals surface area contributed by atoms with E-state index in [1.807, 2.05) is 18.7 Å². The Morgan fingerprint density at radius 1 is 1.11 bits per heavy atom. The molecule has 1 aliphatic heterocycles. The zero-order chi connectivity index (χ0) is 14.3. The van der Waals surface area contributed by atoms with Crippen LogP contribution in [0.25, 0.3) is 0 Å². The maximum absolute atomic E-state index is 12.2. The summed E-state index contributed by atoms with van der Waals surface area (Å²) < 4.78 is 0. The minimum absolute atomic E-state index is 0.0415. The third kappa shape index (κ3) is 5.19. The van der Waals surface area contributed by atoms with Crippen molar-refractivity contribution in [3.63, 3.8) is 0 Å². The Bertz CT molecular complexity index is 301. The van der Waals surface area contributed by atoms with E-state index in [0.29, 0.717) is 6.54 Å². The minimum atomic E-state index is -0.338. The molecule has 5 nitrogen and oxygen atoms in total. The van der Waals surface area contributed by atoms with Crippen LogP contribution in [-0.2, 0) is 9.59 Å². The van der Waals surface area contributed by atoms with Crippen LogP contribution in [-0.4, -0.2) is 48.4 Å². The highest BCUT2D eigenvalue weighted by Crippen LogP contribution is 2.10. The van der Waals surface area contributed by atoms with Gasteiger partial charge >= 0.3 is 0 Å². The van der Waals surface area contributed by atoms with Crippen molar-refractivity contribution in [1.29, 1.82) is 0 Å². The number of nitrogens with zero attached hydrogens (tertiary/aromatic N) is 1. The molecular formula is C14H27N3O2. The first-order valence-corrected chi connectivity index (χ1v) is 7.38. The lowest BCUT2D eigenvalue weighted by molar-refractivity contribution is -0.134. The summed E-state index contributed by atoms with van der Waals surface area (Å²) in [5.74, 6) is 0.0648. The lowest BCUT2D eigenvalue weighted by Crippen LogP contribution is -2.52. The molecule has 1 aliphatic rings. The van der Waals surface area contributed by atoms with Gasteiger partial charge in [0.05, 0.1) is 12.1 Å². The van der Waals surface area contributed by atoms with E-state index < -0.39 is 0 Å². The van der Waals surface area contributed by atoms with Gasteiger partial charge in [-0.05, 0) is 39.5 Å². The summed E-state index contributed by atoms with van der Waals surface area (Å²) in [6.07, 6.45) is 4.30. The molecule has 0 saturated carbocycles. The van der Waals surface area contributed by atoms with E-state index in [1.165, 1.54) is 6.42 Å². The number of likely N-dealkylation sites (tertiary alicyclic amines) is 1. The molecule has 2 unspecified atom stereocenters. The Hall–Kier alpha value is -1.10. The van der Waals surface area contributed by atoms with Crippen LogP contribution in [0, 0.1) is 0 Å². The van der Waals surface area contributed by atoms with Gasteiger partial charge in [0.15, 0.2) is 0 Å². The van der Waals surface area contributed by atoms with Crippen LogP contribution in [0.4, 0.5) is 0 Å². The zero-order valence-electron chi connectivity index (χ0n) is 12.4. The molecule has 1 rings (SSSR count). The second-order valence-electron chi connectivity index (χ2n) is 5.29. The number of hydrogen-bond acceptors (Lipinski definition) is 3. The highest BCUT2D eigenvalue weighted by Gasteiger charge is 2.24. The van der Waals surface area contributed by atoms with Gasteiger partial charge in [-0.2, -0.15) is 0 Å². The van der Waals surface area contributed by atoms with Crippen molar-refractivity contribution >= 4 is 11.8 Å². The quantitative estimate of drug-likeness (QED) is 0.753. The molecule has 0 aromatic rings. The Labute approximate surface area is 116 Å². The van der Waals surface area contributed by atoms with Crippen molar-refractivity contribution < 1.29 is 9.59 Å². The minimum Gasteiger partial charge on any atom is -0.355 e. The summed E-state index contributed by atoms with van der Waals surface area (Å²) in [5.41, 5.74) is 0. The largest absolute Gasteiger partial charge is 0.355 e. The van der Waals surface area contributed by atoms with Gasteiger partial charge in [0.1, 0.15) is 0 Å². The van der Waals surface area contributed by atoms with E-state index in [1.54, 1.807) is 6.92 Å². The van der Waals surface area contributed by atoms with E-state index >= 15 is 0 Å². The molecule has 0 spiro atoms. The third-order valence-electron chi connectivity index (χ3n) is 3.48. The summed E-state index contributed by atoms with van der Waals surface area (Å²) in [4.78, 5) is 25.8. The second-order valence-corrected chi connectivity index (χ2v) is 5.29. The fourth-order valence-corrected chi connectivity index (χ4v) is 2.31. The monoisotopic (exact) mass is 269 g/mol. The van der Waals surface area contributed by atoms with E-state index in [9.17, 15) is 9.59 Å². The molecule has 2 amide bonds. The first-order valence-electron chi connectivity index (χ1n) is 7.38. The van der Waals surface area contributed by atoms with E-state index in [4.69, 9.17) is 0 Å². The normalized spacial score (nSPS) is 18.8. The summed E-state index contributed by atoms with van der Waals surface area (Å²) in [7, 11) is 0. The summed E-state index contributed by atoms with van der Waals surface area (Å²) in [6.45, 7) is 8.02. The summed E-state index contributed by atoms with van der Waals surface area (Å²) in [6, 6.07) is -0.643. The van der Waals surface area contributed by atoms with Gasteiger partial charge in [-0.3, -0.25) is 14.9 Å². The molecule has 0 aliphatic carbocycles. The maximum atomic E-state index is 12.2. The molecule has 2 atom stereocenters. The van der Waals surface area contributed by atoms with Crippen molar-refractivity contribution in [2.75, 3.05) is 19.6 Å². The standard InChI is InChI=1S/C14H27N3O2/c1-4-8-15-13(18)11(2)16-12(3)14(19)17-9-6-5-7-10-17/h11-12,16H,4-10H2,1-3H3,(H,15,18). The van der Waals surface area contributed by atoms with Crippen LogP contribution in [0.2, 0.25) is 0 Å². The average Bonchev–Trinajstić information content (AvgIpc) is 2.44. The van der Waals surface area contributed by atoms with E-state index in [0.717, 1.165) is 32.4 Å². The number of piperidine rings is 1. The van der Waals surface area contributed by atoms with Crippen LogP contribution in [0.1, 0.15) is 46.5 Å². The van der Waals surface area contributed by atoms with Gasteiger partial charge in [0, 0.05) is 19.6 Å². The number of nitrogens with one attached hydrogen (secondary N) is 2. The Balaban J connectivity index is 2.37. The van der Waals surface area contributed by atoms with E-state index in [2.05, 4.69) is 10.6 Å². The van der Waals surface area contributed by atoms with E-state index in [-0.39, 0.29) is 23.9 Å². The van der Waals surface area contributed by atoms with Crippen LogP contribution in [0.3, 0.4) is 0 Å². The number of carbonyl (C=O) groups is 2. The predicted octanol–water partition coefficient (Wildman–Crippen LogP) is 0.892. The maximum Gasteiger partial charge on any atom is 0.239 e. The van der Waals surface area contributed by atoms with Gasteiger partial charge in [-0.1, -0.05) is 6.92 Å². The second kappa shape index (κ2) is 8.15. The molecule has 0 radical (unpaired) electrons. The average molecular weight is 269 g/mol. The Morgan fingerprint density at radius 3 is 2.32 bits per heavy atom. The summed E-state index contributed by atoms with van der Waals surface area (Å²) in [5, 5.41) is 5.91. The van der Waals surface area contributed by atoms with Crippen molar-refractivity contribution in [3.8, 4) is 0 Å². The highest BCUT2D eigenvalue weighted by atomic mass is 16.2. The lowest BCUT2D eigenvalue weighted by atomic mass is 10.1. The topological polar surface area (TPSA) is 61.4 Å². The molecule has 110 valence electrons. The van der Waals surface area contributed by atoms with Crippen molar-refractivity contribution in [3.05, 3.63) is 0 Å². The molecule has 5 heteroatoms. The molecule has 0 aromatic carbocycles. The zero-order valence-corrected chi connectivity index (χ0v) is 12.4. The lowest BCUT2D eigenvalue weighted by Gasteiger charge is -2.30. The smallest absolute Gasteiger partial charge is 0.239 e. The highest BCUT2D eigenvalue weighted by molar-refractivity contribution is 5.84. The Morgan fingerprint density at radius 2 is 1.74 bits per heavy atom. The summed E-state index contributed by atoms with van der Waals surface area (Å²) >= 11 is 0. The van der Waals surface area contributed by atoms with Gasteiger partial charge in [0.2, 0.25) is 11.8 Å². The van der Waals surface area contributed by atoms with Crippen LogP contribution >= 0.6 is 0 Å². The van der Waals surface area contributed by atoms with Gasteiger partial charge in [0.25, 0.3) is 0 Å². The van der Waals surface area contributed by atoms with Crippen molar-refractivity contribution in [2.45, 2.75) is 58.5 Å². The van der Waals surface area contributed by atoms with Crippen molar-refractivity contribution in [1.82, 2.24) is 15.5 Å². The molecule has 1 heterocycles.